The molecular formula is C41H55NP+. The molecular weight excluding hydrogens is 537 g/mol. The maximum Gasteiger partial charge on any atom is 0.108 e. The highest BCUT2D eigenvalue weighted by molar-refractivity contribution is 7.92. The first-order valence-corrected chi connectivity index (χ1v) is 17.9. The molecule has 0 bridgehead atoms. The summed E-state index contributed by atoms with van der Waals surface area (Å²) in [6.45, 7) is 28.9. The lowest BCUT2D eigenvalue weighted by Gasteiger charge is -2.48. The molecule has 0 radical (unpaired) electrons. The third-order valence-electron chi connectivity index (χ3n) is 9.20. The van der Waals surface area contributed by atoms with E-state index in [0.29, 0.717) is 17.8 Å². The van der Waals surface area contributed by atoms with E-state index in [4.69, 9.17) is 5.73 Å². The summed E-state index contributed by atoms with van der Waals surface area (Å²) in [5.41, 5.74) is 17.1. The third-order valence-corrected chi connectivity index (χ3v) is 15.4. The van der Waals surface area contributed by atoms with Crippen LogP contribution in [-0.2, 0) is 0 Å². The normalized spacial score (nSPS) is 12.9. The van der Waals surface area contributed by atoms with Crippen molar-refractivity contribution in [1.29, 1.82) is 0 Å². The van der Waals surface area contributed by atoms with Crippen LogP contribution in [0.4, 0.5) is 5.69 Å². The van der Waals surface area contributed by atoms with E-state index in [-0.39, 0.29) is 10.3 Å². The predicted octanol–water partition coefficient (Wildman–Crippen LogP) is 11.5. The van der Waals surface area contributed by atoms with Gasteiger partial charge in [0.1, 0.15) is 10.6 Å². The molecule has 0 aliphatic rings. The van der Waals surface area contributed by atoms with Gasteiger partial charge in [-0.3, -0.25) is 0 Å². The van der Waals surface area contributed by atoms with Gasteiger partial charge in [-0.05, 0) is 99.7 Å². The van der Waals surface area contributed by atoms with Crippen LogP contribution < -0.4 is 16.3 Å². The Morgan fingerprint density at radius 1 is 0.512 bits per heavy atom. The molecule has 4 rings (SSSR count). The zero-order chi connectivity index (χ0) is 31.9. The van der Waals surface area contributed by atoms with E-state index in [1.807, 2.05) is 12.1 Å². The quantitative estimate of drug-likeness (QED) is 0.168. The van der Waals surface area contributed by atoms with Crippen LogP contribution in [0, 0.1) is 0 Å². The van der Waals surface area contributed by atoms with Crippen molar-refractivity contribution in [1.82, 2.24) is 0 Å². The molecule has 0 fully saturated rings. The van der Waals surface area contributed by atoms with Gasteiger partial charge in [0, 0.05) is 22.4 Å². The molecule has 0 saturated heterocycles. The second kappa shape index (κ2) is 12.2. The summed E-state index contributed by atoms with van der Waals surface area (Å²) in [6.07, 6.45) is 0. The minimum atomic E-state index is -2.18. The van der Waals surface area contributed by atoms with Crippen LogP contribution in [0.2, 0.25) is 0 Å². The van der Waals surface area contributed by atoms with Crippen molar-refractivity contribution >= 4 is 23.6 Å². The minimum absolute atomic E-state index is 0.0329. The van der Waals surface area contributed by atoms with Crippen LogP contribution in [0.15, 0.2) is 84.9 Å². The highest BCUT2D eigenvalue weighted by atomic mass is 31.2. The summed E-state index contributed by atoms with van der Waals surface area (Å²) in [4.78, 5) is 0. The van der Waals surface area contributed by atoms with E-state index in [9.17, 15) is 0 Å². The highest BCUT2D eigenvalue weighted by Crippen LogP contribution is 2.76. The molecule has 228 valence electrons. The SMILES string of the molecule is CC(C)c1cc(C(C)C)c(-c2ccccc2[P+](c2ccccc2-c2ccccc2N)(C(C)(C)C)C(C)(C)C)c(C(C)C)c1. The summed E-state index contributed by atoms with van der Waals surface area (Å²) in [5, 5.41) is 2.87. The fourth-order valence-corrected chi connectivity index (χ4v) is 14.4. The van der Waals surface area contributed by atoms with Crippen molar-refractivity contribution in [3.8, 4) is 22.3 Å². The lowest BCUT2D eigenvalue weighted by Crippen LogP contribution is -2.47. The van der Waals surface area contributed by atoms with Crippen molar-refractivity contribution in [2.45, 2.75) is 111 Å². The monoisotopic (exact) mass is 592 g/mol. The van der Waals surface area contributed by atoms with Crippen LogP contribution in [0.1, 0.15) is 118 Å². The molecule has 2 heteroatoms. The van der Waals surface area contributed by atoms with Crippen molar-refractivity contribution in [3.05, 3.63) is 102 Å². The first-order chi connectivity index (χ1) is 20.0. The molecule has 0 unspecified atom stereocenters. The molecule has 0 atom stereocenters. The molecule has 1 nitrogen and oxygen atoms in total. The largest absolute Gasteiger partial charge is 0.398 e. The average molecular weight is 593 g/mol. The zero-order valence-electron chi connectivity index (χ0n) is 28.8. The number of anilines is 1. The second-order valence-corrected chi connectivity index (χ2v) is 20.2. The van der Waals surface area contributed by atoms with Crippen molar-refractivity contribution in [3.63, 3.8) is 0 Å². The molecule has 4 aromatic rings. The van der Waals surface area contributed by atoms with Gasteiger partial charge in [-0.25, -0.2) is 0 Å². The van der Waals surface area contributed by atoms with Gasteiger partial charge >= 0.3 is 0 Å². The van der Waals surface area contributed by atoms with Gasteiger partial charge in [0.15, 0.2) is 0 Å². The van der Waals surface area contributed by atoms with E-state index in [2.05, 4.69) is 156 Å². The highest BCUT2D eigenvalue weighted by Gasteiger charge is 2.63. The molecule has 4 aromatic carbocycles. The Morgan fingerprint density at radius 3 is 1.33 bits per heavy atom. The Kier molecular flexibility index (Phi) is 9.40. The molecule has 0 saturated carbocycles. The van der Waals surface area contributed by atoms with Gasteiger partial charge in [0.2, 0.25) is 0 Å². The summed E-state index contributed by atoms with van der Waals surface area (Å²) in [6, 6.07) is 31.9. The number of hydrogen-bond acceptors (Lipinski definition) is 1. The smallest absolute Gasteiger partial charge is 0.108 e. The molecule has 43 heavy (non-hydrogen) atoms. The van der Waals surface area contributed by atoms with Crippen molar-refractivity contribution in [2.24, 2.45) is 0 Å². The fraction of sp³-hybridized carbons (Fsp3) is 0.415. The minimum Gasteiger partial charge on any atom is -0.398 e. The Labute approximate surface area is 263 Å². The van der Waals surface area contributed by atoms with E-state index in [1.54, 1.807) is 0 Å². The van der Waals surface area contributed by atoms with E-state index in [0.717, 1.165) is 11.3 Å². The Bertz CT molecular complexity index is 1530. The standard InChI is InChI=1S/C41H55NP/c1-27(2)30-25-34(28(3)4)39(35(26-30)29(5)6)33-21-15-18-24-38(33)43(40(7,8)9,41(10,11)12)37-23-17-14-20-32(37)31-19-13-16-22-36(31)42/h13-29H,42H2,1-12H3/q+1. The molecule has 0 spiro atoms. The Morgan fingerprint density at radius 2 is 0.907 bits per heavy atom. The number of benzene rings is 4. The maximum absolute atomic E-state index is 6.70. The van der Waals surface area contributed by atoms with Gasteiger partial charge in [-0.1, -0.05) is 108 Å². The molecule has 2 N–H and O–H groups in total. The van der Waals surface area contributed by atoms with Gasteiger partial charge < -0.3 is 5.73 Å². The lowest BCUT2D eigenvalue weighted by atomic mass is 9.82. The van der Waals surface area contributed by atoms with Crippen LogP contribution >= 0.6 is 7.26 Å². The molecule has 0 aromatic heterocycles. The number of rotatable bonds is 7. The Balaban J connectivity index is 2.26. The van der Waals surface area contributed by atoms with Gasteiger partial charge in [-0.15, -0.1) is 0 Å². The predicted molar refractivity (Wildman–Crippen MR) is 196 cm³/mol. The molecule has 0 heterocycles. The van der Waals surface area contributed by atoms with Crippen LogP contribution in [0.25, 0.3) is 22.3 Å². The molecule has 0 aliphatic heterocycles. The topological polar surface area (TPSA) is 26.0 Å². The molecule has 0 amide bonds. The van der Waals surface area contributed by atoms with Gasteiger partial charge in [0.25, 0.3) is 0 Å². The summed E-state index contributed by atoms with van der Waals surface area (Å²) in [7, 11) is -2.18. The van der Waals surface area contributed by atoms with Crippen molar-refractivity contribution < 1.29 is 0 Å². The summed E-state index contributed by atoms with van der Waals surface area (Å²) in [5.74, 6) is 1.30. The summed E-state index contributed by atoms with van der Waals surface area (Å²) < 4.78 is 0. The van der Waals surface area contributed by atoms with Crippen LogP contribution in [0.3, 0.4) is 0 Å². The number of nitrogen functional groups attached to an aromatic ring is 1. The van der Waals surface area contributed by atoms with Gasteiger partial charge in [-0.2, -0.15) is 0 Å². The zero-order valence-corrected chi connectivity index (χ0v) is 29.7. The van der Waals surface area contributed by atoms with Crippen molar-refractivity contribution in [2.75, 3.05) is 5.73 Å². The number of nitrogens with two attached hydrogens (primary N) is 1. The Hall–Kier alpha value is -2.89. The fourth-order valence-electron chi connectivity index (χ4n) is 7.56. The number of hydrogen-bond donors (Lipinski definition) is 1. The first kappa shape index (κ1) is 33.0. The lowest BCUT2D eigenvalue weighted by molar-refractivity contribution is 0.703. The second-order valence-electron chi connectivity index (χ2n) is 15.2. The van der Waals surface area contributed by atoms with Crippen LogP contribution in [0.5, 0.6) is 0 Å². The number of para-hydroxylation sites is 1. The van der Waals surface area contributed by atoms with E-state index in [1.165, 1.54) is 44.0 Å². The average Bonchev–Trinajstić information content (AvgIpc) is 2.92. The maximum atomic E-state index is 6.70. The summed E-state index contributed by atoms with van der Waals surface area (Å²) >= 11 is 0. The third kappa shape index (κ3) is 5.83. The van der Waals surface area contributed by atoms with Crippen LogP contribution in [-0.4, -0.2) is 10.3 Å². The van der Waals surface area contributed by atoms with E-state index >= 15 is 0 Å². The first-order valence-electron chi connectivity index (χ1n) is 16.1. The van der Waals surface area contributed by atoms with Gasteiger partial charge in [0.05, 0.1) is 17.6 Å². The molecule has 0 aliphatic carbocycles. The van der Waals surface area contributed by atoms with E-state index < -0.39 is 7.26 Å².